The number of methoxy groups -OCH3 is 1. The van der Waals surface area contributed by atoms with Crippen molar-refractivity contribution >= 4 is 11.8 Å². The summed E-state index contributed by atoms with van der Waals surface area (Å²) in [6.45, 7) is 3.78. The molecule has 2 aromatic carbocycles. The Morgan fingerprint density at radius 3 is 2.37 bits per heavy atom. The third-order valence-electron chi connectivity index (χ3n) is 4.37. The molecule has 0 aliphatic heterocycles. The highest BCUT2D eigenvalue weighted by Gasteiger charge is 2.26. The standard InChI is InChI=1S/C21H26N2O4/c1-15-7-5-6-8-19(15)27-14-20(24)23(16(2)21(25)22-3)13-17-9-11-18(26-4)12-10-17/h5-12,16H,13-14H2,1-4H3,(H,22,25). The summed E-state index contributed by atoms with van der Waals surface area (Å²) < 4.78 is 10.8. The van der Waals surface area contributed by atoms with Crippen LogP contribution in [0.1, 0.15) is 18.1 Å². The molecule has 0 heterocycles. The molecule has 0 saturated heterocycles. The van der Waals surface area contributed by atoms with Crippen LogP contribution in [-0.4, -0.2) is 43.5 Å². The van der Waals surface area contributed by atoms with Gasteiger partial charge in [0.05, 0.1) is 7.11 Å². The van der Waals surface area contributed by atoms with Gasteiger partial charge in [-0.25, -0.2) is 0 Å². The number of nitrogens with one attached hydrogen (secondary N) is 1. The van der Waals surface area contributed by atoms with Gasteiger partial charge in [-0.2, -0.15) is 0 Å². The molecule has 6 heteroatoms. The molecule has 0 saturated carbocycles. The van der Waals surface area contributed by atoms with E-state index in [1.165, 1.54) is 4.90 Å². The van der Waals surface area contributed by atoms with Crippen molar-refractivity contribution in [3.05, 3.63) is 59.7 Å². The number of hydrogen-bond acceptors (Lipinski definition) is 4. The Morgan fingerprint density at radius 2 is 1.78 bits per heavy atom. The van der Waals surface area contributed by atoms with Gasteiger partial charge < -0.3 is 19.7 Å². The summed E-state index contributed by atoms with van der Waals surface area (Å²) in [4.78, 5) is 26.4. The fourth-order valence-electron chi connectivity index (χ4n) is 2.66. The van der Waals surface area contributed by atoms with Crippen LogP contribution in [0.25, 0.3) is 0 Å². The van der Waals surface area contributed by atoms with E-state index < -0.39 is 6.04 Å². The highest BCUT2D eigenvalue weighted by molar-refractivity contribution is 5.87. The Hall–Kier alpha value is -3.02. The molecule has 0 aromatic heterocycles. The summed E-state index contributed by atoms with van der Waals surface area (Å²) in [6.07, 6.45) is 0. The molecule has 0 spiro atoms. The lowest BCUT2D eigenvalue weighted by atomic mass is 10.1. The van der Waals surface area contributed by atoms with Crippen molar-refractivity contribution in [2.24, 2.45) is 0 Å². The van der Waals surface area contributed by atoms with Crippen molar-refractivity contribution < 1.29 is 19.1 Å². The van der Waals surface area contributed by atoms with Crippen LogP contribution in [-0.2, 0) is 16.1 Å². The Balaban J connectivity index is 2.13. The lowest BCUT2D eigenvalue weighted by Gasteiger charge is -2.28. The Morgan fingerprint density at radius 1 is 1.11 bits per heavy atom. The van der Waals surface area contributed by atoms with Gasteiger partial charge >= 0.3 is 0 Å². The first-order valence-electron chi connectivity index (χ1n) is 8.78. The fraction of sp³-hybridized carbons (Fsp3) is 0.333. The van der Waals surface area contributed by atoms with Crippen molar-refractivity contribution in [3.63, 3.8) is 0 Å². The minimum atomic E-state index is -0.620. The van der Waals surface area contributed by atoms with Crippen molar-refractivity contribution in [1.82, 2.24) is 10.2 Å². The van der Waals surface area contributed by atoms with Crippen LogP contribution in [0.15, 0.2) is 48.5 Å². The summed E-state index contributed by atoms with van der Waals surface area (Å²) in [5, 5.41) is 2.59. The van der Waals surface area contributed by atoms with Gasteiger partial charge in [0.25, 0.3) is 5.91 Å². The van der Waals surface area contributed by atoms with Gasteiger partial charge in [0.1, 0.15) is 17.5 Å². The molecule has 2 rings (SSSR count). The lowest BCUT2D eigenvalue weighted by Crippen LogP contribution is -2.48. The number of carbonyl (C=O) groups is 2. The molecule has 0 aliphatic rings. The summed E-state index contributed by atoms with van der Waals surface area (Å²) in [5.41, 5.74) is 1.85. The highest BCUT2D eigenvalue weighted by Crippen LogP contribution is 2.18. The van der Waals surface area contributed by atoms with Crippen LogP contribution in [0.5, 0.6) is 11.5 Å². The molecule has 0 aliphatic carbocycles. The number of para-hydroxylation sites is 1. The molecule has 0 fully saturated rings. The minimum absolute atomic E-state index is 0.137. The molecular weight excluding hydrogens is 344 g/mol. The van der Waals surface area contributed by atoms with Gasteiger partial charge in [-0.05, 0) is 43.2 Å². The second-order valence-corrected chi connectivity index (χ2v) is 6.21. The molecule has 6 nitrogen and oxygen atoms in total. The van der Waals surface area contributed by atoms with E-state index in [4.69, 9.17) is 9.47 Å². The highest BCUT2D eigenvalue weighted by atomic mass is 16.5. The number of carbonyl (C=O) groups excluding carboxylic acids is 2. The number of rotatable bonds is 8. The Kier molecular flexibility index (Phi) is 7.23. The van der Waals surface area contributed by atoms with Crippen molar-refractivity contribution in [2.75, 3.05) is 20.8 Å². The third kappa shape index (κ3) is 5.48. The number of benzene rings is 2. The molecule has 1 N–H and O–H groups in total. The number of nitrogens with zero attached hydrogens (tertiary/aromatic N) is 1. The van der Waals surface area contributed by atoms with Crippen LogP contribution in [0.4, 0.5) is 0 Å². The molecule has 1 atom stereocenters. The van der Waals surface area contributed by atoms with Gasteiger partial charge in [0.15, 0.2) is 6.61 Å². The van der Waals surface area contributed by atoms with E-state index in [0.717, 1.165) is 16.9 Å². The molecule has 0 radical (unpaired) electrons. The van der Waals surface area contributed by atoms with E-state index in [9.17, 15) is 9.59 Å². The second kappa shape index (κ2) is 9.62. The maximum absolute atomic E-state index is 12.8. The monoisotopic (exact) mass is 370 g/mol. The maximum Gasteiger partial charge on any atom is 0.261 e. The smallest absolute Gasteiger partial charge is 0.261 e. The third-order valence-corrected chi connectivity index (χ3v) is 4.37. The number of aryl methyl sites for hydroxylation is 1. The van der Waals surface area contributed by atoms with Gasteiger partial charge in [-0.15, -0.1) is 0 Å². The van der Waals surface area contributed by atoms with E-state index in [-0.39, 0.29) is 18.4 Å². The summed E-state index contributed by atoms with van der Waals surface area (Å²) >= 11 is 0. The first kappa shape index (κ1) is 20.3. The van der Waals surface area contributed by atoms with Gasteiger partial charge in [-0.1, -0.05) is 30.3 Å². The van der Waals surface area contributed by atoms with E-state index >= 15 is 0 Å². The first-order chi connectivity index (χ1) is 13.0. The minimum Gasteiger partial charge on any atom is -0.497 e. The van der Waals surface area contributed by atoms with Crippen LogP contribution in [0, 0.1) is 6.92 Å². The maximum atomic E-state index is 12.8. The van der Waals surface area contributed by atoms with Crippen LogP contribution in [0.2, 0.25) is 0 Å². The zero-order valence-electron chi connectivity index (χ0n) is 16.2. The normalized spacial score (nSPS) is 11.4. The topological polar surface area (TPSA) is 67.9 Å². The fourth-order valence-corrected chi connectivity index (χ4v) is 2.66. The van der Waals surface area contributed by atoms with Crippen LogP contribution in [0.3, 0.4) is 0 Å². The second-order valence-electron chi connectivity index (χ2n) is 6.21. The van der Waals surface area contributed by atoms with Crippen molar-refractivity contribution in [1.29, 1.82) is 0 Å². The first-order valence-corrected chi connectivity index (χ1v) is 8.78. The Bertz CT molecular complexity index is 774. The quantitative estimate of drug-likeness (QED) is 0.775. The molecule has 0 bridgehead atoms. The van der Waals surface area contributed by atoms with Crippen molar-refractivity contribution in [3.8, 4) is 11.5 Å². The zero-order valence-corrected chi connectivity index (χ0v) is 16.2. The van der Waals surface area contributed by atoms with E-state index in [1.54, 1.807) is 21.1 Å². The molecule has 2 amide bonds. The number of ether oxygens (including phenoxy) is 2. The number of hydrogen-bond donors (Lipinski definition) is 1. The predicted octanol–water partition coefficient (Wildman–Crippen LogP) is 2.55. The summed E-state index contributed by atoms with van der Waals surface area (Å²) in [5.74, 6) is 0.902. The molecule has 2 aromatic rings. The van der Waals surface area contributed by atoms with Gasteiger partial charge in [0, 0.05) is 13.6 Å². The summed E-state index contributed by atoms with van der Waals surface area (Å²) in [6, 6.07) is 14.3. The summed E-state index contributed by atoms with van der Waals surface area (Å²) in [7, 11) is 3.15. The Labute approximate surface area is 160 Å². The predicted molar refractivity (Wildman–Crippen MR) is 104 cm³/mol. The largest absolute Gasteiger partial charge is 0.497 e. The zero-order chi connectivity index (χ0) is 19.8. The van der Waals surface area contributed by atoms with Crippen LogP contribution < -0.4 is 14.8 Å². The average molecular weight is 370 g/mol. The van der Waals surface area contributed by atoms with Gasteiger partial charge in [-0.3, -0.25) is 9.59 Å². The molecule has 27 heavy (non-hydrogen) atoms. The molecule has 1 unspecified atom stereocenters. The number of likely N-dealkylation sites (N-methyl/N-ethyl adjacent to an activating group) is 1. The molecule has 144 valence electrons. The van der Waals surface area contributed by atoms with E-state index in [2.05, 4.69) is 5.32 Å². The van der Waals surface area contributed by atoms with Gasteiger partial charge in [0.2, 0.25) is 5.91 Å². The lowest BCUT2D eigenvalue weighted by molar-refractivity contribution is -0.142. The molecular formula is C21H26N2O4. The SMILES string of the molecule is CNC(=O)C(C)N(Cc1ccc(OC)cc1)C(=O)COc1ccccc1C. The van der Waals surface area contributed by atoms with E-state index in [0.29, 0.717) is 12.3 Å². The number of amides is 2. The van der Waals surface area contributed by atoms with Crippen LogP contribution >= 0.6 is 0 Å². The average Bonchev–Trinajstić information content (AvgIpc) is 2.70. The van der Waals surface area contributed by atoms with E-state index in [1.807, 2.05) is 55.5 Å². The van der Waals surface area contributed by atoms with Crippen molar-refractivity contribution in [2.45, 2.75) is 26.4 Å².